The molecular formula is C51H74N10O12. The number of H-pyrrole nitrogens is 1. The number of nitrogens with zero attached hydrogens (tertiary/aromatic N) is 1. The van der Waals surface area contributed by atoms with E-state index in [1.165, 1.54) is 4.90 Å². The normalized spacial score (nSPS) is 16.7. The number of aromatic amines is 1. The second kappa shape index (κ2) is 29.0. The summed E-state index contributed by atoms with van der Waals surface area (Å²) in [7, 11) is 0. The molecule has 9 atom stereocenters. The molecule has 7 amide bonds. The number of carbonyl (C=O) groups is 9. The Kier molecular flexibility index (Phi) is 23.3. The zero-order chi connectivity index (χ0) is 53.8. The fourth-order valence-corrected chi connectivity index (χ4v) is 8.68. The lowest BCUT2D eigenvalue weighted by Gasteiger charge is -2.32. The van der Waals surface area contributed by atoms with Crippen molar-refractivity contribution in [1.29, 1.82) is 0 Å². The van der Waals surface area contributed by atoms with E-state index < -0.39 is 127 Å². The van der Waals surface area contributed by atoms with Crippen LogP contribution in [0.1, 0.15) is 96.6 Å². The topological polar surface area (TPSA) is 358 Å². The zero-order valence-electron chi connectivity index (χ0n) is 42.1. The number of carboxylic acids is 2. The first-order valence-electron chi connectivity index (χ1n) is 25.0. The second-order valence-electron chi connectivity index (χ2n) is 19.1. The van der Waals surface area contributed by atoms with Crippen LogP contribution in [-0.2, 0) is 56.0 Å². The van der Waals surface area contributed by atoms with Crippen molar-refractivity contribution in [3.05, 3.63) is 71.9 Å². The third-order valence-electron chi connectivity index (χ3n) is 13.0. The molecule has 22 nitrogen and oxygen atoms in total. The molecule has 3 aromatic rings. The molecule has 0 saturated carbocycles. The fraction of sp³-hybridized carbons (Fsp3) is 0.549. The Balaban J connectivity index is 1.49. The minimum absolute atomic E-state index is 0.0199. The summed E-state index contributed by atoms with van der Waals surface area (Å²) < 4.78 is 0. The Labute approximate surface area is 424 Å². The van der Waals surface area contributed by atoms with Gasteiger partial charge in [0.1, 0.15) is 42.3 Å². The van der Waals surface area contributed by atoms with E-state index in [1.807, 2.05) is 24.3 Å². The number of likely N-dealkylation sites (tertiary alicyclic amines) is 1. The van der Waals surface area contributed by atoms with E-state index in [2.05, 4.69) is 36.9 Å². The molecule has 4 rings (SSSR count). The summed E-state index contributed by atoms with van der Waals surface area (Å²) >= 11 is 0. The van der Waals surface area contributed by atoms with E-state index in [0.717, 1.165) is 16.5 Å². The number of carboxylic acid groups (broad SMARTS) is 2. The maximum atomic E-state index is 14.4. The minimum atomic E-state index is -1.58. The van der Waals surface area contributed by atoms with Gasteiger partial charge in [-0.1, -0.05) is 82.6 Å². The number of rotatable bonds is 30. The highest BCUT2D eigenvalue weighted by Gasteiger charge is 2.41. The number of aliphatic hydroxyl groups excluding tert-OH is 1. The number of nitrogens with one attached hydrogen (secondary N) is 7. The Morgan fingerprint density at radius 2 is 1.36 bits per heavy atom. The molecule has 14 N–H and O–H groups in total. The van der Waals surface area contributed by atoms with Crippen molar-refractivity contribution in [2.45, 2.75) is 147 Å². The first-order valence-corrected chi connectivity index (χ1v) is 25.0. The number of nitrogens with two attached hydrogens (primary N) is 2. The van der Waals surface area contributed by atoms with E-state index >= 15 is 0 Å². The van der Waals surface area contributed by atoms with E-state index in [0.29, 0.717) is 37.8 Å². The van der Waals surface area contributed by atoms with Crippen LogP contribution in [0.15, 0.2) is 60.8 Å². The second-order valence-corrected chi connectivity index (χ2v) is 19.1. The van der Waals surface area contributed by atoms with Crippen LogP contribution < -0.4 is 43.4 Å². The lowest BCUT2D eigenvalue weighted by molar-refractivity contribution is -0.145. The number of aliphatic hydroxyl groups is 1. The number of unbranched alkanes of at least 4 members (excludes halogenated alkanes) is 1. The van der Waals surface area contributed by atoms with Crippen LogP contribution in [0, 0.1) is 11.8 Å². The average Bonchev–Trinajstić information content (AvgIpc) is 4.03. The van der Waals surface area contributed by atoms with Crippen molar-refractivity contribution in [3.8, 4) is 0 Å². The van der Waals surface area contributed by atoms with Crippen molar-refractivity contribution in [2.75, 3.05) is 19.7 Å². The molecular weight excluding hydrogens is 945 g/mol. The van der Waals surface area contributed by atoms with Crippen LogP contribution >= 0.6 is 0 Å². The van der Waals surface area contributed by atoms with Gasteiger partial charge < -0.3 is 68.6 Å². The standard InChI is InChI=1S/C51H74N10O12/c1-5-30(4)43(49(70)56-37(18-11-12-22-52)50(71)61-23-13-19-41(61)48(69)58-39(51(72)73)26-32-27-54-35-17-10-9-16-33(32)35)60-46(67)38(24-29(2)3)57-45(66)36(20-21-42(63)64)55-47(68)40(28-62)59-44(65)34(53)25-31-14-7-6-8-15-31/h6-10,14-17,27,29-30,34,36-41,43,54,62H,5,11-13,18-26,28,52-53H2,1-4H3,(H,55,68)(H,56,70)(H,57,66)(H,58,69)(H,59,65)(H,60,67)(H,63,64)(H,72,73)/t30-,34-,36-,37-,38-,39-,40-,41-,43-/m0/s1. The quantitative estimate of drug-likeness (QED) is 0.0401. The summed E-state index contributed by atoms with van der Waals surface area (Å²) in [6.45, 7) is 6.63. The van der Waals surface area contributed by atoms with Crippen molar-refractivity contribution >= 4 is 64.2 Å². The van der Waals surface area contributed by atoms with Gasteiger partial charge >= 0.3 is 11.9 Å². The van der Waals surface area contributed by atoms with Crippen LogP contribution in [0.4, 0.5) is 0 Å². The van der Waals surface area contributed by atoms with Gasteiger partial charge in [-0.3, -0.25) is 38.4 Å². The number of para-hydroxylation sites is 1. The predicted octanol–water partition coefficient (Wildman–Crippen LogP) is 0.343. The van der Waals surface area contributed by atoms with Gasteiger partial charge in [0.05, 0.1) is 12.6 Å². The van der Waals surface area contributed by atoms with Gasteiger partial charge in [0, 0.05) is 36.5 Å². The van der Waals surface area contributed by atoms with Gasteiger partial charge in [-0.2, -0.15) is 0 Å². The number of benzene rings is 2. The molecule has 1 aromatic heterocycles. The highest BCUT2D eigenvalue weighted by molar-refractivity contribution is 5.98. The van der Waals surface area contributed by atoms with E-state index in [1.54, 1.807) is 64.2 Å². The minimum Gasteiger partial charge on any atom is -0.481 e. The van der Waals surface area contributed by atoms with Crippen molar-refractivity contribution in [3.63, 3.8) is 0 Å². The smallest absolute Gasteiger partial charge is 0.326 e. The molecule has 1 fully saturated rings. The van der Waals surface area contributed by atoms with E-state index in [9.17, 15) is 58.5 Å². The van der Waals surface area contributed by atoms with Crippen LogP contribution in [0.3, 0.4) is 0 Å². The maximum Gasteiger partial charge on any atom is 0.326 e. The summed E-state index contributed by atoms with van der Waals surface area (Å²) in [5.41, 5.74) is 14.1. The molecule has 0 bridgehead atoms. The van der Waals surface area contributed by atoms with Crippen molar-refractivity contribution < 1.29 is 58.5 Å². The maximum absolute atomic E-state index is 14.4. The number of amides is 7. The van der Waals surface area contributed by atoms with E-state index in [-0.39, 0.29) is 44.6 Å². The zero-order valence-corrected chi connectivity index (χ0v) is 42.1. The van der Waals surface area contributed by atoms with Crippen LogP contribution in [-0.4, -0.2) is 147 Å². The summed E-state index contributed by atoms with van der Waals surface area (Å²) in [5.74, 6) is -8.77. The van der Waals surface area contributed by atoms with Gasteiger partial charge in [0.25, 0.3) is 0 Å². The molecule has 0 unspecified atom stereocenters. The Hall–Kier alpha value is -6.91. The molecule has 0 radical (unpaired) electrons. The van der Waals surface area contributed by atoms with Crippen LogP contribution in [0.2, 0.25) is 0 Å². The first-order chi connectivity index (χ1) is 34.8. The van der Waals surface area contributed by atoms with Crippen molar-refractivity contribution in [1.82, 2.24) is 41.8 Å². The average molecular weight is 1020 g/mol. The number of aliphatic carboxylic acids is 2. The highest BCUT2D eigenvalue weighted by atomic mass is 16.4. The van der Waals surface area contributed by atoms with Gasteiger partial charge in [-0.15, -0.1) is 0 Å². The Bertz CT molecular complexity index is 2360. The van der Waals surface area contributed by atoms with Crippen molar-refractivity contribution in [2.24, 2.45) is 23.3 Å². The van der Waals surface area contributed by atoms with Gasteiger partial charge in [-0.05, 0) is 86.9 Å². The summed E-state index contributed by atoms with van der Waals surface area (Å²) in [6, 6.07) is 5.87. The molecule has 73 heavy (non-hydrogen) atoms. The molecule has 1 saturated heterocycles. The molecule has 22 heteroatoms. The summed E-state index contributed by atoms with van der Waals surface area (Å²) in [4.78, 5) is 126. The van der Waals surface area contributed by atoms with Gasteiger partial charge in [0.15, 0.2) is 0 Å². The summed E-state index contributed by atoms with van der Waals surface area (Å²) in [5, 5.41) is 46.1. The monoisotopic (exact) mass is 1020 g/mol. The van der Waals surface area contributed by atoms with Gasteiger partial charge in [-0.25, -0.2) is 4.79 Å². The lowest BCUT2D eigenvalue weighted by Crippen LogP contribution is -2.61. The Morgan fingerprint density at radius 3 is 2.00 bits per heavy atom. The van der Waals surface area contributed by atoms with Crippen LogP contribution in [0.5, 0.6) is 0 Å². The molecule has 2 aromatic carbocycles. The molecule has 400 valence electrons. The number of fused-ring (bicyclic) bond motifs is 1. The molecule has 0 spiro atoms. The number of carbonyl (C=O) groups excluding carboxylic acids is 7. The molecule has 2 heterocycles. The molecule has 1 aliphatic heterocycles. The highest BCUT2D eigenvalue weighted by Crippen LogP contribution is 2.23. The lowest BCUT2D eigenvalue weighted by atomic mass is 9.95. The van der Waals surface area contributed by atoms with Gasteiger partial charge in [0.2, 0.25) is 41.4 Å². The molecule has 1 aliphatic rings. The Morgan fingerprint density at radius 1 is 0.726 bits per heavy atom. The summed E-state index contributed by atoms with van der Waals surface area (Å²) in [6.07, 6.45) is 2.91. The largest absolute Gasteiger partial charge is 0.481 e. The number of aromatic nitrogens is 1. The fourth-order valence-electron chi connectivity index (χ4n) is 8.68. The first kappa shape index (κ1) is 58.7. The third kappa shape index (κ3) is 17.7. The van der Waals surface area contributed by atoms with E-state index in [4.69, 9.17) is 11.5 Å². The SMILES string of the molecule is CC[C@H](C)[C@H](NC(=O)[C@H](CC(C)C)NC(=O)[C@H](CCC(=O)O)NC(=O)[C@H](CO)NC(=O)[C@@H](N)Cc1ccccc1)C(=O)N[C@@H](CCCCN)C(=O)N1CCC[C@H]1C(=O)N[C@@H](Cc1c[nH]c2ccccc12)C(=O)O. The number of hydrogen-bond donors (Lipinski definition) is 12. The molecule has 0 aliphatic carbocycles. The predicted molar refractivity (Wildman–Crippen MR) is 270 cm³/mol. The van der Waals surface area contributed by atoms with Crippen LogP contribution in [0.25, 0.3) is 10.9 Å². The number of hydrogen-bond acceptors (Lipinski definition) is 12. The third-order valence-corrected chi connectivity index (χ3v) is 13.0.